The first-order chi connectivity index (χ1) is 6.13. The van der Waals surface area contributed by atoms with Crippen molar-refractivity contribution < 1.29 is 9.90 Å². The zero-order chi connectivity index (χ0) is 10.3. The Bertz CT molecular complexity index is 147. The maximum Gasteiger partial charge on any atom is 0.221 e. The molecule has 0 heterocycles. The maximum atomic E-state index is 11.2. The van der Waals surface area contributed by atoms with E-state index in [1.165, 1.54) is 0 Å². The molecule has 0 aromatic carbocycles. The second-order valence-electron chi connectivity index (χ2n) is 3.23. The summed E-state index contributed by atoms with van der Waals surface area (Å²) in [6, 6.07) is -0.201. The van der Waals surface area contributed by atoms with Crippen molar-refractivity contribution in [3.05, 3.63) is 0 Å². The van der Waals surface area contributed by atoms with Gasteiger partial charge in [0.2, 0.25) is 5.91 Å². The fourth-order valence-corrected chi connectivity index (χ4v) is 0.946. The van der Waals surface area contributed by atoms with Crippen LogP contribution in [0.5, 0.6) is 0 Å². The van der Waals surface area contributed by atoms with Crippen molar-refractivity contribution in [3.63, 3.8) is 0 Å². The summed E-state index contributed by atoms with van der Waals surface area (Å²) in [5.74, 6) is -0.0738. The standard InChI is InChI=1S/C9H20N2O2/c1-3-7(10)5-9(13)11-8(4-2)6-12/h7-8,12H,3-6,10H2,1-2H3,(H,11,13). The van der Waals surface area contributed by atoms with E-state index in [2.05, 4.69) is 5.32 Å². The number of nitrogens with two attached hydrogens (primary N) is 1. The summed E-state index contributed by atoms with van der Waals surface area (Å²) in [6.07, 6.45) is 1.87. The largest absolute Gasteiger partial charge is 0.394 e. The van der Waals surface area contributed by atoms with Crippen molar-refractivity contribution in [3.8, 4) is 0 Å². The lowest BCUT2D eigenvalue weighted by atomic mass is 10.1. The van der Waals surface area contributed by atoms with Crippen LogP contribution in [0.25, 0.3) is 0 Å². The van der Waals surface area contributed by atoms with Gasteiger partial charge in [0.25, 0.3) is 0 Å². The third-order valence-electron chi connectivity index (χ3n) is 2.05. The average Bonchev–Trinajstić information content (AvgIpc) is 2.13. The molecule has 13 heavy (non-hydrogen) atoms. The van der Waals surface area contributed by atoms with Crippen molar-refractivity contribution in [2.45, 2.75) is 45.2 Å². The molecular weight excluding hydrogens is 168 g/mol. The van der Waals surface area contributed by atoms with E-state index in [1.807, 2.05) is 13.8 Å². The third kappa shape index (κ3) is 5.60. The predicted molar refractivity (Wildman–Crippen MR) is 52.2 cm³/mol. The van der Waals surface area contributed by atoms with Gasteiger partial charge in [0.05, 0.1) is 12.6 Å². The number of hydrogen-bond donors (Lipinski definition) is 3. The second kappa shape index (κ2) is 6.86. The molecule has 2 atom stereocenters. The quantitative estimate of drug-likeness (QED) is 0.549. The van der Waals surface area contributed by atoms with E-state index in [4.69, 9.17) is 10.8 Å². The van der Waals surface area contributed by atoms with E-state index >= 15 is 0 Å². The van der Waals surface area contributed by atoms with E-state index in [0.29, 0.717) is 6.42 Å². The molecule has 0 aliphatic carbocycles. The van der Waals surface area contributed by atoms with Crippen LogP contribution in [0, 0.1) is 0 Å². The number of aliphatic hydroxyl groups is 1. The molecule has 0 aromatic rings. The van der Waals surface area contributed by atoms with E-state index in [1.54, 1.807) is 0 Å². The lowest BCUT2D eigenvalue weighted by Gasteiger charge is -2.15. The Labute approximate surface area is 79.5 Å². The molecule has 0 bridgehead atoms. The Morgan fingerprint density at radius 1 is 1.46 bits per heavy atom. The maximum absolute atomic E-state index is 11.2. The zero-order valence-electron chi connectivity index (χ0n) is 8.42. The summed E-state index contributed by atoms with van der Waals surface area (Å²) in [4.78, 5) is 11.2. The number of nitrogens with one attached hydrogen (secondary N) is 1. The molecule has 1 amide bonds. The summed E-state index contributed by atoms with van der Waals surface area (Å²) >= 11 is 0. The first-order valence-corrected chi connectivity index (χ1v) is 4.79. The van der Waals surface area contributed by atoms with Gasteiger partial charge in [-0.3, -0.25) is 4.79 Å². The number of carbonyl (C=O) groups is 1. The van der Waals surface area contributed by atoms with Gasteiger partial charge < -0.3 is 16.2 Å². The fraction of sp³-hybridized carbons (Fsp3) is 0.889. The molecule has 0 aromatic heterocycles. The van der Waals surface area contributed by atoms with Crippen LogP contribution in [0.2, 0.25) is 0 Å². The molecule has 2 unspecified atom stereocenters. The Kier molecular flexibility index (Phi) is 6.54. The van der Waals surface area contributed by atoms with Crippen LogP contribution in [0.3, 0.4) is 0 Å². The van der Waals surface area contributed by atoms with E-state index in [-0.39, 0.29) is 24.6 Å². The van der Waals surface area contributed by atoms with Crippen LogP contribution in [-0.4, -0.2) is 29.7 Å². The molecule has 0 rings (SSSR count). The van der Waals surface area contributed by atoms with Gasteiger partial charge in [-0.2, -0.15) is 0 Å². The van der Waals surface area contributed by atoms with Crippen LogP contribution >= 0.6 is 0 Å². The SMILES string of the molecule is CCC(N)CC(=O)NC(CC)CO. The van der Waals surface area contributed by atoms with Crippen LogP contribution < -0.4 is 11.1 Å². The van der Waals surface area contributed by atoms with Crippen molar-refractivity contribution >= 4 is 5.91 Å². The Balaban J connectivity index is 3.72. The van der Waals surface area contributed by atoms with Gasteiger partial charge in [-0.25, -0.2) is 0 Å². The van der Waals surface area contributed by atoms with Crippen LogP contribution in [0.1, 0.15) is 33.1 Å². The zero-order valence-corrected chi connectivity index (χ0v) is 8.42. The van der Waals surface area contributed by atoms with Gasteiger partial charge in [0.15, 0.2) is 0 Å². The molecule has 4 heteroatoms. The highest BCUT2D eigenvalue weighted by Crippen LogP contribution is 1.95. The molecule has 78 valence electrons. The van der Waals surface area contributed by atoms with Gasteiger partial charge in [0, 0.05) is 12.5 Å². The average molecular weight is 188 g/mol. The highest BCUT2D eigenvalue weighted by molar-refractivity contribution is 5.76. The molecule has 0 aliphatic rings. The second-order valence-corrected chi connectivity index (χ2v) is 3.23. The summed E-state index contributed by atoms with van der Waals surface area (Å²) in [6.45, 7) is 3.85. The predicted octanol–water partition coefficient (Wildman–Crippen LogP) is 0.000900. The summed E-state index contributed by atoms with van der Waals surface area (Å²) in [5, 5.41) is 11.5. The molecule has 0 radical (unpaired) electrons. The van der Waals surface area contributed by atoms with E-state index < -0.39 is 0 Å². The summed E-state index contributed by atoms with van der Waals surface area (Å²) in [5.41, 5.74) is 5.61. The lowest BCUT2D eigenvalue weighted by Crippen LogP contribution is -2.39. The molecule has 0 saturated heterocycles. The lowest BCUT2D eigenvalue weighted by molar-refractivity contribution is -0.122. The summed E-state index contributed by atoms with van der Waals surface area (Å²) in [7, 11) is 0. The summed E-state index contributed by atoms with van der Waals surface area (Å²) < 4.78 is 0. The number of hydrogen-bond acceptors (Lipinski definition) is 3. The van der Waals surface area contributed by atoms with Gasteiger partial charge in [-0.1, -0.05) is 13.8 Å². The highest BCUT2D eigenvalue weighted by Gasteiger charge is 2.11. The molecular formula is C9H20N2O2. The first-order valence-electron chi connectivity index (χ1n) is 4.79. The van der Waals surface area contributed by atoms with E-state index in [9.17, 15) is 4.79 Å². The Hall–Kier alpha value is -0.610. The van der Waals surface area contributed by atoms with Gasteiger partial charge in [-0.15, -0.1) is 0 Å². The van der Waals surface area contributed by atoms with Crippen molar-refractivity contribution in [2.75, 3.05) is 6.61 Å². The van der Waals surface area contributed by atoms with Gasteiger partial charge in [0.1, 0.15) is 0 Å². The number of aliphatic hydroxyl groups excluding tert-OH is 1. The molecule has 4 N–H and O–H groups in total. The van der Waals surface area contributed by atoms with Crippen molar-refractivity contribution in [1.29, 1.82) is 0 Å². The number of amides is 1. The normalized spacial score (nSPS) is 15.1. The molecule has 0 fully saturated rings. The van der Waals surface area contributed by atoms with Crippen LogP contribution in [-0.2, 0) is 4.79 Å². The smallest absolute Gasteiger partial charge is 0.221 e. The van der Waals surface area contributed by atoms with Crippen molar-refractivity contribution in [1.82, 2.24) is 5.32 Å². The van der Waals surface area contributed by atoms with Crippen molar-refractivity contribution in [2.24, 2.45) is 5.73 Å². The Morgan fingerprint density at radius 2 is 2.08 bits per heavy atom. The molecule has 4 nitrogen and oxygen atoms in total. The van der Waals surface area contributed by atoms with E-state index in [0.717, 1.165) is 12.8 Å². The molecule has 0 saturated carbocycles. The monoisotopic (exact) mass is 188 g/mol. The van der Waals surface area contributed by atoms with Crippen LogP contribution in [0.4, 0.5) is 0 Å². The van der Waals surface area contributed by atoms with Gasteiger partial charge >= 0.3 is 0 Å². The minimum atomic E-state index is -0.128. The molecule has 0 aliphatic heterocycles. The minimum absolute atomic E-state index is 0.0103. The fourth-order valence-electron chi connectivity index (χ4n) is 0.946. The van der Waals surface area contributed by atoms with Gasteiger partial charge in [-0.05, 0) is 12.8 Å². The van der Waals surface area contributed by atoms with Crippen LogP contribution in [0.15, 0.2) is 0 Å². The minimum Gasteiger partial charge on any atom is -0.394 e. The first kappa shape index (κ1) is 12.4. The molecule has 0 spiro atoms. The third-order valence-corrected chi connectivity index (χ3v) is 2.05. The number of rotatable bonds is 6. The topological polar surface area (TPSA) is 75.4 Å². The highest BCUT2D eigenvalue weighted by atomic mass is 16.3. The number of carbonyl (C=O) groups excluding carboxylic acids is 1. The Morgan fingerprint density at radius 3 is 2.46 bits per heavy atom.